The fourth-order valence-corrected chi connectivity index (χ4v) is 1.38. The number of nitrogens with zero attached hydrogens (tertiary/aromatic N) is 2. The van der Waals surface area contributed by atoms with Crippen molar-refractivity contribution >= 4 is 11.7 Å². The zero-order valence-corrected chi connectivity index (χ0v) is 9.17. The van der Waals surface area contributed by atoms with E-state index in [9.17, 15) is 14.9 Å². The Labute approximate surface area is 97.6 Å². The van der Waals surface area contributed by atoms with Crippen LogP contribution in [0.4, 0.5) is 5.69 Å². The van der Waals surface area contributed by atoms with E-state index in [1.54, 1.807) is 13.0 Å². The molecule has 0 unspecified atom stereocenters. The highest BCUT2D eigenvalue weighted by molar-refractivity contribution is 5.74. The van der Waals surface area contributed by atoms with Crippen LogP contribution in [0.25, 0.3) is 0 Å². The van der Waals surface area contributed by atoms with Crippen LogP contribution in [-0.4, -0.2) is 17.5 Å². The van der Waals surface area contributed by atoms with Crippen molar-refractivity contribution in [1.29, 1.82) is 5.26 Å². The highest BCUT2D eigenvalue weighted by atomic mass is 16.6. The summed E-state index contributed by atoms with van der Waals surface area (Å²) in [5.41, 5.74) is -0.0833. The number of hydrogen-bond acceptors (Lipinski definition) is 5. The molecule has 0 aliphatic rings. The Morgan fingerprint density at radius 1 is 1.59 bits per heavy atom. The lowest BCUT2D eigenvalue weighted by Gasteiger charge is -2.04. The van der Waals surface area contributed by atoms with Crippen LogP contribution < -0.4 is 0 Å². The quantitative estimate of drug-likeness (QED) is 0.447. The third-order valence-electron chi connectivity index (χ3n) is 2.08. The molecular formula is C11H10N2O4. The topological polar surface area (TPSA) is 93.2 Å². The number of benzene rings is 1. The van der Waals surface area contributed by atoms with Gasteiger partial charge in [0.15, 0.2) is 0 Å². The first-order valence-electron chi connectivity index (χ1n) is 4.92. The van der Waals surface area contributed by atoms with Crippen LogP contribution in [0.5, 0.6) is 0 Å². The molecule has 0 spiro atoms. The first-order chi connectivity index (χ1) is 8.10. The zero-order valence-electron chi connectivity index (χ0n) is 9.17. The van der Waals surface area contributed by atoms with E-state index in [0.717, 1.165) is 0 Å². The molecule has 1 aromatic rings. The molecule has 0 fully saturated rings. The van der Waals surface area contributed by atoms with Crippen LogP contribution in [0.1, 0.15) is 18.1 Å². The lowest BCUT2D eigenvalue weighted by atomic mass is 10.0. The van der Waals surface area contributed by atoms with Gasteiger partial charge >= 0.3 is 5.97 Å². The van der Waals surface area contributed by atoms with Gasteiger partial charge in [0, 0.05) is 6.07 Å². The van der Waals surface area contributed by atoms with Gasteiger partial charge in [-0.3, -0.25) is 14.9 Å². The van der Waals surface area contributed by atoms with E-state index in [2.05, 4.69) is 0 Å². The van der Waals surface area contributed by atoms with Crippen molar-refractivity contribution in [2.45, 2.75) is 13.3 Å². The van der Waals surface area contributed by atoms with Gasteiger partial charge in [0.25, 0.3) is 5.69 Å². The van der Waals surface area contributed by atoms with Crippen molar-refractivity contribution in [2.75, 3.05) is 6.61 Å². The summed E-state index contributed by atoms with van der Waals surface area (Å²) in [5, 5.41) is 19.6. The van der Waals surface area contributed by atoms with Crippen molar-refractivity contribution in [1.82, 2.24) is 0 Å². The van der Waals surface area contributed by atoms with E-state index < -0.39 is 10.9 Å². The number of nitriles is 1. The number of nitro groups is 1. The van der Waals surface area contributed by atoms with Gasteiger partial charge in [-0.2, -0.15) is 5.26 Å². The van der Waals surface area contributed by atoms with Gasteiger partial charge < -0.3 is 4.74 Å². The Bertz CT molecular complexity index is 491. The second-order valence-electron chi connectivity index (χ2n) is 3.16. The second-order valence-corrected chi connectivity index (χ2v) is 3.16. The van der Waals surface area contributed by atoms with Crippen LogP contribution in [0, 0.1) is 21.4 Å². The van der Waals surface area contributed by atoms with Crippen LogP contribution in [0.3, 0.4) is 0 Å². The third kappa shape index (κ3) is 3.01. The van der Waals surface area contributed by atoms with E-state index in [0.29, 0.717) is 5.56 Å². The minimum absolute atomic E-state index is 0.0921. The second kappa shape index (κ2) is 5.61. The average molecular weight is 234 g/mol. The predicted octanol–water partition coefficient (Wildman–Crippen LogP) is 1.57. The third-order valence-corrected chi connectivity index (χ3v) is 2.08. The number of carbonyl (C=O) groups is 1. The van der Waals surface area contributed by atoms with Gasteiger partial charge in [-0.15, -0.1) is 0 Å². The highest BCUT2D eigenvalue weighted by Gasteiger charge is 2.18. The molecule has 0 aromatic heterocycles. The van der Waals surface area contributed by atoms with Gasteiger partial charge in [-0.1, -0.05) is 12.1 Å². The Hall–Kier alpha value is -2.42. The van der Waals surface area contributed by atoms with E-state index in [1.165, 1.54) is 18.2 Å². The summed E-state index contributed by atoms with van der Waals surface area (Å²) in [4.78, 5) is 21.3. The summed E-state index contributed by atoms with van der Waals surface area (Å²) in [6.07, 6.45) is -0.140. The van der Waals surface area contributed by atoms with Crippen molar-refractivity contribution in [3.05, 3.63) is 39.4 Å². The van der Waals surface area contributed by atoms with Gasteiger partial charge in [-0.25, -0.2) is 0 Å². The van der Waals surface area contributed by atoms with Gasteiger partial charge in [-0.05, 0) is 12.5 Å². The summed E-state index contributed by atoms with van der Waals surface area (Å²) in [6, 6.07) is 5.91. The van der Waals surface area contributed by atoms with Crippen molar-refractivity contribution in [3.63, 3.8) is 0 Å². The van der Waals surface area contributed by atoms with Gasteiger partial charge in [0.1, 0.15) is 11.6 Å². The van der Waals surface area contributed by atoms with Gasteiger partial charge in [0.2, 0.25) is 0 Å². The number of nitro benzene ring substituents is 1. The smallest absolute Gasteiger partial charge is 0.310 e. The predicted molar refractivity (Wildman–Crippen MR) is 58.1 cm³/mol. The molecule has 0 atom stereocenters. The molecular weight excluding hydrogens is 224 g/mol. The van der Waals surface area contributed by atoms with E-state index >= 15 is 0 Å². The Morgan fingerprint density at radius 3 is 2.82 bits per heavy atom. The van der Waals surface area contributed by atoms with E-state index in [1.807, 2.05) is 0 Å². The molecule has 0 bridgehead atoms. The Kier molecular flexibility index (Phi) is 4.17. The highest BCUT2D eigenvalue weighted by Crippen LogP contribution is 2.21. The normalized spacial score (nSPS) is 9.41. The maximum absolute atomic E-state index is 11.3. The molecule has 0 radical (unpaired) electrons. The molecule has 0 N–H and O–H groups in total. The first-order valence-corrected chi connectivity index (χ1v) is 4.92. The summed E-state index contributed by atoms with van der Waals surface area (Å²) >= 11 is 0. The molecule has 6 heteroatoms. The Balaban J connectivity index is 3.09. The average Bonchev–Trinajstić information content (AvgIpc) is 2.28. The molecule has 0 heterocycles. The van der Waals surface area contributed by atoms with E-state index in [4.69, 9.17) is 10.00 Å². The molecule has 6 nitrogen and oxygen atoms in total. The minimum Gasteiger partial charge on any atom is -0.466 e. The molecule has 1 aromatic carbocycles. The van der Waals surface area contributed by atoms with Gasteiger partial charge in [0.05, 0.1) is 18.0 Å². The van der Waals surface area contributed by atoms with Crippen LogP contribution in [-0.2, 0) is 16.0 Å². The van der Waals surface area contributed by atoms with E-state index in [-0.39, 0.29) is 24.3 Å². The fourth-order valence-electron chi connectivity index (χ4n) is 1.38. The summed E-state index contributed by atoms with van der Waals surface area (Å²) in [5.74, 6) is -0.510. The lowest BCUT2D eigenvalue weighted by molar-refractivity contribution is -0.385. The first kappa shape index (κ1) is 12.6. The number of hydrogen-bond donors (Lipinski definition) is 0. The maximum atomic E-state index is 11.3. The lowest BCUT2D eigenvalue weighted by Crippen LogP contribution is -2.09. The standard InChI is InChI=1S/C11H10N2O4/c1-2-17-11(14)6-8-4-3-5-10(13(15)16)9(8)7-12/h3-5H,2,6H2,1H3. The van der Waals surface area contributed by atoms with Crippen molar-refractivity contribution in [2.24, 2.45) is 0 Å². The zero-order chi connectivity index (χ0) is 12.8. The Morgan fingerprint density at radius 2 is 2.29 bits per heavy atom. The summed E-state index contributed by atoms with van der Waals surface area (Å²) in [7, 11) is 0. The molecule has 0 aliphatic carbocycles. The van der Waals surface area contributed by atoms with Crippen molar-refractivity contribution < 1.29 is 14.5 Å². The largest absolute Gasteiger partial charge is 0.466 e. The summed E-state index contributed by atoms with van der Waals surface area (Å²) < 4.78 is 4.73. The molecule has 88 valence electrons. The molecule has 0 amide bonds. The monoisotopic (exact) mass is 234 g/mol. The summed E-state index contributed by atoms with van der Waals surface area (Å²) in [6.45, 7) is 1.90. The van der Waals surface area contributed by atoms with Crippen LogP contribution in [0.15, 0.2) is 18.2 Å². The molecule has 17 heavy (non-hydrogen) atoms. The SMILES string of the molecule is CCOC(=O)Cc1cccc([N+](=O)[O-])c1C#N. The number of ether oxygens (including phenoxy) is 1. The maximum Gasteiger partial charge on any atom is 0.310 e. The molecule has 0 aliphatic heterocycles. The minimum atomic E-state index is -0.646. The van der Waals surface area contributed by atoms with Crippen LogP contribution >= 0.6 is 0 Å². The number of esters is 1. The number of rotatable bonds is 4. The molecule has 0 saturated heterocycles. The van der Waals surface area contributed by atoms with Crippen LogP contribution in [0.2, 0.25) is 0 Å². The molecule has 1 rings (SSSR count). The molecule has 0 saturated carbocycles. The van der Waals surface area contributed by atoms with Crippen molar-refractivity contribution in [3.8, 4) is 6.07 Å². The fraction of sp³-hybridized carbons (Fsp3) is 0.273. The number of carbonyl (C=O) groups excluding carboxylic acids is 1.